The number of aromatic nitrogens is 2. The van der Waals surface area contributed by atoms with Gasteiger partial charge in [0, 0.05) is 42.2 Å². The molecule has 0 saturated carbocycles. The number of hydrogen-bond acceptors (Lipinski definition) is 5. The highest BCUT2D eigenvalue weighted by Gasteiger charge is 2.22. The molecule has 0 saturated heterocycles. The molecule has 0 aliphatic rings. The lowest BCUT2D eigenvalue weighted by atomic mass is 10.0. The van der Waals surface area contributed by atoms with E-state index < -0.39 is 11.9 Å². The number of carboxylic acids is 2. The van der Waals surface area contributed by atoms with Gasteiger partial charge in [0.25, 0.3) is 0 Å². The van der Waals surface area contributed by atoms with Crippen LogP contribution in [0.1, 0.15) is 20.7 Å². The minimum absolute atomic E-state index is 0. The molecule has 0 bridgehead atoms. The SMILES string of the molecule is Cl.O=C(O)c1cc(-c2cc(-c3ccncc3)cc[n+]2-c2ccc(O)c(C(=O)O)c2)ccc1O.[Cl-]. The first-order valence-electron chi connectivity index (χ1n) is 9.44. The highest BCUT2D eigenvalue weighted by Crippen LogP contribution is 2.29. The molecular weight excluding hydrogens is 483 g/mol. The fraction of sp³-hybridized carbons (Fsp3) is 0. The Labute approximate surface area is 206 Å². The molecule has 4 aromatic rings. The second-order valence-corrected chi connectivity index (χ2v) is 6.95. The average molecular weight is 501 g/mol. The van der Waals surface area contributed by atoms with Crippen LogP contribution in [0.2, 0.25) is 0 Å². The number of aromatic hydroxyl groups is 2. The van der Waals surface area contributed by atoms with Crippen molar-refractivity contribution >= 4 is 24.3 Å². The quantitative estimate of drug-likeness (QED) is 0.299. The number of nitrogens with zero attached hydrogens (tertiary/aromatic N) is 2. The Hall–Kier alpha value is -4.14. The summed E-state index contributed by atoms with van der Waals surface area (Å²) in [5.41, 5.74) is 2.64. The topological polar surface area (TPSA) is 132 Å². The third-order valence-corrected chi connectivity index (χ3v) is 4.98. The average Bonchev–Trinajstić information content (AvgIpc) is 2.79. The van der Waals surface area contributed by atoms with E-state index in [0.29, 0.717) is 16.9 Å². The van der Waals surface area contributed by atoms with Gasteiger partial charge in [-0.15, -0.1) is 12.4 Å². The molecule has 4 N–H and O–H groups in total. The van der Waals surface area contributed by atoms with Crippen molar-refractivity contribution in [2.24, 2.45) is 0 Å². The Bertz CT molecular complexity index is 1360. The van der Waals surface area contributed by atoms with Gasteiger partial charge >= 0.3 is 11.9 Å². The molecule has 34 heavy (non-hydrogen) atoms. The van der Waals surface area contributed by atoms with Crippen molar-refractivity contribution in [3.05, 3.63) is 90.4 Å². The molecule has 4 rings (SSSR count). The van der Waals surface area contributed by atoms with E-state index in [9.17, 15) is 30.0 Å². The van der Waals surface area contributed by atoms with E-state index in [2.05, 4.69) is 4.98 Å². The van der Waals surface area contributed by atoms with Gasteiger partial charge in [-0.05, 0) is 47.5 Å². The number of carbonyl (C=O) groups is 2. The van der Waals surface area contributed by atoms with Gasteiger partial charge in [-0.2, -0.15) is 4.57 Å². The number of halogens is 2. The summed E-state index contributed by atoms with van der Waals surface area (Å²) in [6, 6.07) is 15.7. The van der Waals surface area contributed by atoms with Crippen LogP contribution in [0.3, 0.4) is 0 Å². The summed E-state index contributed by atoms with van der Waals surface area (Å²) in [5.74, 6) is -3.29. The summed E-state index contributed by atoms with van der Waals surface area (Å²) in [4.78, 5) is 27.0. The second-order valence-electron chi connectivity index (χ2n) is 6.95. The number of hydrogen-bond donors (Lipinski definition) is 4. The van der Waals surface area contributed by atoms with Crippen LogP contribution in [-0.4, -0.2) is 37.3 Å². The minimum atomic E-state index is -1.28. The van der Waals surface area contributed by atoms with E-state index in [1.54, 1.807) is 35.3 Å². The highest BCUT2D eigenvalue weighted by molar-refractivity contribution is 5.92. The highest BCUT2D eigenvalue weighted by atomic mass is 35.5. The van der Waals surface area contributed by atoms with Crippen LogP contribution in [0, 0.1) is 0 Å². The standard InChI is InChI=1S/C24H16N2O6.2ClH/c27-21-3-1-16(11-18(21)23(29)30)20-12-15(14-5-8-25-9-6-14)7-10-26(20)17-2-4-22(28)19(13-17)24(31)32;;/h1-13H,(H3,28,29,30,31,32);2*1H. The molecule has 10 heteroatoms. The van der Waals surface area contributed by atoms with Gasteiger partial charge in [-0.3, -0.25) is 4.98 Å². The summed E-state index contributed by atoms with van der Waals surface area (Å²) in [6.07, 6.45) is 5.02. The van der Waals surface area contributed by atoms with Crippen LogP contribution in [-0.2, 0) is 0 Å². The van der Waals surface area contributed by atoms with Gasteiger partial charge in [0.1, 0.15) is 22.6 Å². The van der Waals surface area contributed by atoms with Gasteiger partial charge in [0.15, 0.2) is 6.20 Å². The Morgan fingerprint density at radius 3 is 1.91 bits per heavy atom. The Morgan fingerprint density at radius 1 is 0.706 bits per heavy atom. The molecule has 0 amide bonds. The first kappa shape index (κ1) is 26.1. The van der Waals surface area contributed by atoms with Gasteiger partial charge in [0.2, 0.25) is 11.4 Å². The monoisotopic (exact) mass is 500 g/mol. The van der Waals surface area contributed by atoms with Gasteiger partial charge in [-0.25, -0.2) is 9.59 Å². The molecule has 2 aromatic heterocycles. The number of phenols is 2. The molecule has 0 unspecified atom stereocenters. The number of pyridine rings is 2. The van der Waals surface area contributed by atoms with E-state index in [1.807, 2.05) is 24.3 Å². The lowest BCUT2D eigenvalue weighted by Gasteiger charge is -2.09. The molecule has 0 radical (unpaired) electrons. The number of aromatic carboxylic acids is 2. The van der Waals surface area contributed by atoms with Crippen molar-refractivity contribution < 1.29 is 47.0 Å². The summed E-state index contributed by atoms with van der Waals surface area (Å²) in [5, 5.41) is 38.6. The molecule has 0 aliphatic heterocycles. The van der Waals surface area contributed by atoms with Crippen LogP contribution in [0.15, 0.2) is 79.3 Å². The fourth-order valence-corrected chi connectivity index (χ4v) is 3.38. The third-order valence-electron chi connectivity index (χ3n) is 4.98. The van der Waals surface area contributed by atoms with Crippen molar-refractivity contribution in [1.29, 1.82) is 0 Å². The third kappa shape index (κ3) is 5.09. The molecule has 0 atom stereocenters. The molecular formula is C24H18Cl2N2O6. The van der Waals surface area contributed by atoms with Crippen molar-refractivity contribution in [1.82, 2.24) is 4.98 Å². The molecule has 2 heterocycles. The van der Waals surface area contributed by atoms with Gasteiger partial charge in [-0.1, -0.05) is 0 Å². The molecule has 174 valence electrons. The van der Waals surface area contributed by atoms with Crippen LogP contribution >= 0.6 is 12.4 Å². The second kappa shape index (κ2) is 10.7. The number of carboxylic acid groups (broad SMARTS) is 2. The van der Waals surface area contributed by atoms with E-state index >= 15 is 0 Å². The molecule has 0 spiro atoms. The predicted octanol–water partition coefficient (Wildman–Crippen LogP) is 0.926. The normalized spacial score (nSPS) is 10.0. The summed E-state index contributed by atoms with van der Waals surface area (Å²) in [7, 11) is 0. The molecule has 2 aromatic carbocycles. The first-order valence-corrected chi connectivity index (χ1v) is 9.44. The zero-order chi connectivity index (χ0) is 22.8. The predicted molar refractivity (Wildman–Crippen MR) is 121 cm³/mol. The maximum atomic E-state index is 11.5. The van der Waals surface area contributed by atoms with Crippen molar-refractivity contribution in [2.75, 3.05) is 0 Å². The Morgan fingerprint density at radius 2 is 1.29 bits per heavy atom. The van der Waals surface area contributed by atoms with Gasteiger partial charge < -0.3 is 32.8 Å². The zero-order valence-electron chi connectivity index (χ0n) is 17.3. The minimum Gasteiger partial charge on any atom is -1.00 e. The number of rotatable bonds is 5. The van der Waals surface area contributed by atoms with Crippen molar-refractivity contribution in [2.45, 2.75) is 0 Å². The lowest BCUT2D eigenvalue weighted by Crippen LogP contribution is -3.00. The maximum Gasteiger partial charge on any atom is 0.339 e. The summed E-state index contributed by atoms with van der Waals surface area (Å²) >= 11 is 0. The fourth-order valence-electron chi connectivity index (χ4n) is 3.38. The zero-order valence-corrected chi connectivity index (χ0v) is 18.9. The Kier molecular flexibility index (Phi) is 8.18. The van der Waals surface area contributed by atoms with Gasteiger partial charge in [0.05, 0.1) is 0 Å². The van der Waals surface area contributed by atoms with Crippen LogP contribution in [0.5, 0.6) is 11.5 Å². The van der Waals surface area contributed by atoms with E-state index in [-0.39, 0.29) is 47.4 Å². The molecule has 0 aliphatic carbocycles. The van der Waals surface area contributed by atoms with Crippen molar-refractivity contribution in [3.8, 4) is 39.6 Å². The smallest absolute Gasteiger partial charge is 0.339 e. The van der Waals surface area contributed by atoms with E-state index in [4.69, 9.17) is 0 Å². The molecule has 8 nitrogen and oxygen atoms in total. The summed E-state index contributed by atoms with van der Waals surface area (Å²) < 4.78 is 1.68. The lowest BCUT2D eigenvalue weighted by molar-refractivity contribution is -0.583. The van der Waals surface area contributed by atoms with E-state index in [1.165, 1.54) is 24.3 Å². The maximum absolute atomic E-state index is 11.5. The van der Waals surface area contributed by atoms with Crippen LogP contribution in [0.4, 0.5) is 0 Å². The first-order chi connectivity index (χ1) is 15.3. The van der Waals surface area contributed by atoms with Crippen LogP contribution < -0.4 is 17.0 Å². The number of benzene rings is 2. The largest absolute Gasteiger partial charge is 1.00 e. The van der Waals surface area contributed by atoms with E-state index in [0.717, 1.165) is 11.1 Å². The summed E-state index contributed by atoms with van der Waals surface area (Å²) in [6.45, 7) is 0. The van der Waals surface area contributed by atoms with Crippen molar-refractivity contribution in [3.63, 3.8) is 0 Å². The Balaban J connectivity index is 0.00000204. The van der Waals surface area contributed by atoms with Crippen LogP contribution in [0.25, 0.3) is 28.1 Å². The molecule has 0 fully saturated rings.